The molecule has 0 saturated carbocycles. The molecule has 0 saturated heterocycles. The van der Waals surface area contributed by atoms with Gasteiger partial charge in [-0.15, -0.1) is 0 Å². The number of aliphatic hydroxyl groups excluding tert-OH is 1. The lowest BCUT2D eigenvalue weighted by molar-refractivity contribution is 0.108. The van der Waals surface area contributed by atoms with E-state index >= 15 is 0 Å². The Bertz CT molecular complexity index is 144. The normalized spacial score (nSPS) is 16.3. The third kappa shape index (κ3) is 4.40. The topological polar surface area (TPSA) is 35.5 Å². The minimum Gasteiger partial charge on any atom is -0.394 e. The van der Waals surface area contributed by atoms with Crippen LogP contribution >= 0.6 is 0 Å². The average Bonchev–Trinajstić information content (AvgIpc) is 2.17. The number of nitrogens with zero attached hydrogens (tertiary/aromatic N) is 1. The van der Waals surface area contributed by atoms with E-state index in [0.29, 0.717) is 6.04 Å². The largest absolute Gasteiger partial charge is 0.394 e. The Labute approximate surface area is 88.5 Å². The lowest BCUT2D eigenvalue weighted by Crippen LogP contribution is -2.54. The molecule has 0 fully saturated rings. The number of aliphatic hydroxyl groups is 1. The third-order valence-electron chi connectivity index (χ3n) is 2.75. The van der Waals surface area contributed by atoms with Crippen molar-refractivity contribution >= 4 is 0 Å². The highest BCUT2D eigenvalue weighted by molar-refractivity contribution is 4.85. The average molecular weight is 202 g/mol. The maximum absolute atomic E-state index is 9.30. The van der Waals surface area contributed by atoms with E-state index in [1.54, 1.807) is 0 Å². The first-order valence-electron chi connectivity index (χ1n) is 5.53. The predicted molar refractivity (Wildman–Crippen MR) is 61.6 cm³/mol. The second-order valence-corrected chi connectivity index (χ2v) is 4.53. The Hall–Kier alpha value is -0.120. The molecule has 0 rings (SSSR count). The van der Waals surface area contributed by atoms with Crippen molar-refractivity contribution in [2.24, 2.45) is 0 Å². The molecular weight excluding hydrogens is 176 g/mol. The second kappa shape index (κ2) is 6.38. The number of nitrogens with one attached hydrogen (secondary N) is 1. The summed E-state index contributed by atoms with van der Waals surface area (Å²) in [6.45, 7) is 10.8. The van der Waals surface area contributed by atoms with E-state index in [1.807, 2.05) is 7.05 Å². The first-order chi connectivity index (χ1) is 6.49. The fraction of sp³-hybridized carbons (Fsp3) is 1.00. The molecule has 0 aromatic heterocycles. The van der Waals surface area contributed by atoms with Gasteiger partial charge < -0.3 is 10.4 Å². The van der Waals surface area contributed by atoms with Gasteiger partial charge in [0.05, 0.1) is 12.1 Å². The van der Waals surface area contributed by atoms with E-state index in [2.05, 4.69) is 37.9 Å². The summed E-state index contributed by atoms with van der Waals surface area (Å²) < 4.78 is 0. The molecule has 1 unspecified atom stereocenters. The second-order valence-electron chi connectivity index (χ2n) is 4.53. The van der Waals surface area contributed by atoms with E-state index < -0.39 is 0 Å². The van der Waals surface area contributed by atoms with Crippen LogP contribution in [0.15, 0.2) is 0 Å². The van der Waals surface area contributed by atoms with Crippen molar-refractivity contribution in [1.29, 1.82) is 0 Å². The van der Waals surface area contributed by atoms with Crippen LogP contribution in [0.2, 0.25) is 0 Å². The van der Waals surface area contributed by atoms with Gasteiger partial charge in [-0.1, -0.05) is 6.92 Å². The Balaban J connectivity index is 4.25. The van der Waals surface area contributed by atoms with Crippen molar-refractivity contribution in [3.8, 4) is 0 Å². The molecule has 0 spiro atoms. The number of hydrogen-bond acceptors (Lipinski definition) is 3. The van der Waals surface area contributed by atoms with Crippen molar-refractivity contribution in [2.75, 3.05) is 26.7 Å². The van der Waals surface area contributed by atoms with E-state index in [-0.39, 0.29) is 12.1 Å². The smallest absolute Gasteiger partial charge is 0.0623 e. The van der Waals surface area contributed by atoms with E-state index in [1.165, 1.54) is 0 Å². The van der Waals surface area contributed by atoms with E-state index in [0.717, 1.165) is 19.5 Å². The van der Waals surface area contributed by atoms with Crippen LogP contribution < -0.4 is 5.32 Å². The molecule has 86 valence electrons. The van der Waals surface area contributed by atoms with Crippen molar-refractivity contribution in [3.05, 3.63) is 0 Å². The summed E-state index contributed by atoms with van der Waals surface area (Å²) in [7, 11) is 1.90. The van der Waals surface area contributed by atoms with Crippen molar-refractivity contribution in [3.63, 3.8) is 0 Å². The van der Waals surface area contributed by atoms with Gasteiger partial charge >= 0.3 is 0 Å². The molecule has 0 heterocycles. The first kappa shape index (κ1) is 13.9. The predicted octanol–water partition coefficient (Wildman–Crippen LogP) is 1.08. The Morgan fingerprint density at radius 3 is 2.29 bits per heavy atom. The number of hydrogen-bond donors (Lipinski definition) is 2. The minimum absolute atomic E-state index is 0.177. The molecule has 0 amide bonds. The summed E-state index contributed by atoms with van der Waals surface area (Å²) >= 11 is 0. The molecule has 2 N–H and O–H groups in total. The zero-order valence-electron chi connectivity index (χ0n) is 10.3. The van der Waals surface area contributed by atoms with Gasteiger partial charge in [0.2, 0.25) is 0 Å². The molecule has 14 heavy (non-hydrogen) atoms. The van der Waals surface area contributed by atoms with Gasteiger partial charge in [-0.2, -0.15) is 0 Å². The monoisotopic (exact) mass is 202 g/mol. The molecule has 3 nitrogen and oxygen atoms in total. The molecule has 0 aliphatic heterocycles. The van der Waals surface area contributed by atoms with Crippen LogP contribution in [0, 0.1) is 0 Å². The van der Waals surface area contributed by atoms with Crippen LogP contribution in [0.25, 0.3) is 0 Å². The fourth-order valence-electron chi connectivity index (χ4n) is 1.46. The summed E-state index contributed by atoms with van der Waals surface area (Å²) in [5.41, 5.74) is -0.181. The van der Waals surface area contributed by atoms with Gasteiger partial charge in [-0.3, -0.25) is 4.90 Å². The summed E-state index contributed by atoms with van der Waals surface area (Å²) in [5, 5.41) is 12.5. The molecule has 0 aliphatic rings. The zero-order chi connectivity index (χ0) is 11.2. The minimum atomic E-state index is -0.181. The van der Waals surface area contributed by atoms with Crippen molar-refractivity contribution in [2.45, 2.75) is 45.7 Å². The van der Waals surface area contributed by atoms with Gasteiger partial charge in [0.25, 0.3) is 0 Å². The highest BCUT2D eigenvalue weighted by Crippen LogP contribution is 2.09. The van der Waals surface area contributed by atoms with Crippen molar-refractivity contribution in [1.82, 2.24) is 10.2 Å². The molecule has 0 aromatic rings. The lowest BCUT2D eigenvalue weighted by atomic mass is 10.0. The van der Waals surface area contributed by atoms with Crippen LogP contribution in [0.4, 0.5) is 0 Å². The number of rotatable bonds is 7. The third-order valence-corrected chi connectivity index (χ3v) is 2.75. The molecule has 0 aliphatic carbocycles. The summed E-state index contributed by atoms with van der Waals surface area (Å²) in [6, 6.07) is 0.536. The van der Waals surface area contributed by atoms with Crippen LogP contribution in [-0.4, -0.2) is 48.3 Å². The van der Waals surface area contributed by atoms with Crippen LogP contribution in [-0.2, 0) is 0 Å². The highest BCUT2D eigenvalue weighted by Gasteiger charge is 2.25. The lowest BCUT2D eigenvalue weighted by Gasteiger charge is -2.36. The summed E-state index contributed by atoms with van der Waals surface area (Å²) in [5.74, 6) is 0. The molecule has 0 aromatic carbocycles. The molecular formula is C11H26N2O. The van der Waals surface area contributed by atoms with Gasteiger partial charge in [-0.05, 0) is 40.8 Å². The Morgan fingerprint density at radius 2 is 2.00 bits per heavy atom. The van der Waals surface area contributed by atoms with Gasteiger partial charge in [0.1, 0.15) is 0 Å². The van der Waals surface area contributed by atoms with Crippen LogP contribution in [0.1, 0.15) is 34.1 Å². The highest BCUT2D eigenvalue weighted by atomic mass is 16.3. The van der Waals surface area contributed by atoms with Crippen molar-refractivity contribution < 1.29 is 5.11 Å². The fourth-order valence-corrected chi connectivity index (χ4v) is 1.46. The Morgan fingerprint density at radius 1 is 1.43 bits per heavy atom. The molecule has 0 radical (unpaired) electrons. The van der Waals surface area contributed by atoms with Gasteiger partial charge in [0, 0.05) is 12.6 Å². The SMILES string of the molecule is CCCN(CC(C)(CO)NC)C(C)C. The van der Waals surface area contributed by atoms with E-state index in [9.17, 15) is 5.11 Å². The maximum Gasteiger partial charge on any atom is 0.0623 e. The van der Waals surface area contributed by atoms with Gasteiger partial charge in [0.15, 0.2) is 0 Å². The first-order valence-corrected chi connectivity index (χ1v) is 5.53. The quantitative estimate of drug-likeness (QED) is 0.648. The Kier molecular flexibility index (Phi) is 6.33. The van der Waals surface area contributed by atoms with Crippen LogP contribution in [0.5, 0.6) is 0 Å². The summed E-state index contributed by atoms with van der Waals surface area (Å²) in [6.07, 6.45) is 1.16. The summed E-state index contributed by atoms with van der Waals surface area (Å²) in [4.78, 5) is 2.40. The van der Waals surface area contributed by atoms with E-state index in [4.69, 9.17) is 0 Å². The van der Waals surface area contributed by atoms with Crippen LogP contribution in [0.3, 0.4) is 0 Å². The maximum atomic E-state index is 9.30. The molecule has 0 bridgehead atoms. The van der Waals surface area contributed by atoms with Gasteiger partial charge in [-0.25, -0.2) is 0 Å². The zero-order valence-corrected chi connectivity index (χ0v) is 10.3. The number of likely N-dealkylation sites (N-methyl/N-ethyl adjacent to an activating group) is 1. The molecule has 3 heteroatoms. The molecule has 1 atom stereocenters. The standard InChI is InChI=1S/C11H26N2O/c1-6-7-13(10(2)3)8-11(4,9-14)12-5/h10,12,14H,6-9H2,1-5H3.